The second kappa shape index (κ2) is 6.67. The zero-order valence-electron chi connectivity index (χ0n) is 12.0. The maximum Gasteiger partial charge on any atom is 0.222 e. The van der Waals surface area contributed by atoms with E-state index >= 15 is 0 Å². The third kappa shape index (κ3) is 3.46. The number of nitrogen functional groups attached to an aromatic ring is 1. The fourth-order valence-electron chi connectivity index (χ4n) is 2.01. The van der Waals surface area contributed by atoms with E-state index in [-0.39, 0.29) is 0 Å². The first-order valence-electron chi connectivity index (χ1n) is 6.47. The quantitative estimate of drug-likeness (QED) is 0.884. The largest absolute Gasteiger partial charge is 0.481 e. The van der Waals surface area contributed by atoms with Crippen molar-refractivity contribution in [2.24, 2.45) is 0 Å². The summed E-state index contributed by atoms with van der Waals surface area (Å²) in [6.45, 7) is 2.87. The first-order chi connectivity index (χ1) is 9.61. The normalized spacial score (nSPS) is 12.6. The molecular formula is C14H20N4OS. The number of nitrogens with two attached hydrogens (primary N) is 1. The molecule has 2 heterocycles. The number of nitrogens with zero attached hydrogens (tertiary/aromatic N) is 3. The number of thiophene rings is 1. The number of aromatic nitrogens is 2. The van der Waals surface area contributed by atoms with Crippen LogP contribution in [-0.4, -0.2) is 35.1 Å². The lowest BCUT2D eigenvalue weighted by Crippen LogP contribution is -2.30. The van der Waals surface area contributed by atoms with Crippen molar-refractivity contribution in [3.63, 3.8) is 0 Å². The highest BCUT2D eigenvalue weighted by Crippen LogP contribution is 2.22. The minimum absolute atomic E-state index is 0.401. The molecule has 0 spiro atoms. The zero-order chi connectivity index (χ0) is 14.5. The molecule has 0 aliphatic heterocycles. The minimum Gasteiger partial charge on any atom is -0.481 e. The molecule has 5 nitrogen and oxygen atoms in total. The van der Waals surface area contributed by atoms with Gasteiger partial charge in [-0.3, -0.25) is 4.90 Å². The molecule has 0 saturated heterocycles. The van der Waals surface area contributed by atoms with Crippen molar-refractivity contribution in [2.75, 3.05) is 19.9 Å². The van der Waals surface area contributed by atoms with Crippen molar-refractivity contribution in [3.8, 4) is 5.88 Å². The predicted octanol–water partition coefficient (Wildman–Crippen LogP) is 2.19. The topological polar surface area (TPSA) is 64.3 Å². The summed E-state index contributed by atoms with van der Waals surface area (Å²) >= 11 is 1.79. The Kier molecular flexibility index (Phi) is 4.92. The van der Waals surface area contributed by atoms with E-state index in [9.17, 15) is 0 Å². The van der Waals surface area contributed by atoms with E-state index in [1.807, 2.05) is 0 Å². The summed E-state index contributed by atoms with van der Waals surface area (Å²) in [6, 6.07) is 4.65. The maximum absolute atomic E-state index is 5.93. The van der Waals surface area contributed by atoms with E-state index in [4.69, 9.17) is 10.5 Å². The van der Waals surface area contributed by atoms with Gasteiger partial charge in [-0.25, -0.2) is 9.97 Å². The summed E-state index contributed by atoms with van der Waals surface area (Å²) in [5.74, 6) is 1.03. The summed E-state index contributed by atoms with van der Waals surface area (Å²) in [7, 11) is 3.67. The van der Waals surface area contributed by atoms with E-state index in [1.165, 1.54) is 11.2 Å². The summed E-state index contributed by atoms with van der Waals surface area (Å²) in [5.41, 5.74) is 6.77. The van der Waals surface area contributed by atoms with Crippen molar-refractivity contribution >= 4 is 17.2 Å². The SMILES string of the molecule is COc1ncnc(N)c1CN(C)[C@H](C)Cc1cccs1. The first-order valence-corrected chi connectivity index (χ1v) is 7.35. The van der Waals surface area contributed by atoms with Crippen LogP contribution in [0.15, 0.2) is 23.8 Å². The van der Waals surface area contributed by atoms with Gasteiger partial charge in [0.25, 0.3) is 0 Å². The van der Waals surface area contributed by atoms with Crippen LogP contribution in [0, 0.1) is 0 Å². The van der Waals surface area contributed by atoms with E-state index in [1.54, 1.807) is 18.4 Å². The molecule has 6 heteroatoms. The number of rotatable bonds is 6. The van der Waals surface area contributed by atoms with Crippen LogP contribution in [0.2, 0.25) is 0 Å². The monoisotopic (exact) mass is 292 g/mol. The van der Waals surface area contributed by atoms with Gasteiger partial charge in [0, 0.05) is 17.5 Å². The Bertz CT molecular complexity index is 544. The van der Waals surface area contributed by atoms with Crippen LogP contribution in [0.3, 0.4) is 0 Å². The van der Waals surface area contributed by atoms with E-state index in [2.05, 4.69) is 46.4 Å². The molecule has 0 radical (unpaired) electrons. The molecule has 2 rings (SSSR count). The zero-order valence-corrected chi connectivity index (χ0v) is 12.9. The molecule has 20 heavy (non-hydrogen) atoms. The Balaban J connectivity index is 2.05. The molecule has 0 bridgehead atoms. The summed E-state index contributed by atoms with van der Waals surface area (Å²) in [5, 5.41) is 2.11. The van der Waals surface area contributed by atoms with Gasteiger partial charge < -0.3 is 10.5 Å². The van der Waals surface area contributed by atoms with Gasteiger partial charge in [0.05, 0.1) is 12.7 Å². The Morgan fingerprint density at radius 1 is 1.45 bits per heavy atom. The fraction of sp³-hybridized carbons (Fsp3) is 0.429. The van der Waals surface area contributed by atoms with Crippen LogP contribution in [0.1, 0.15) is 17.4 Å². The molecule has 0 unspecified atom stereocenters. The Hall–Kier alpha value is -1.66. The lowest BCUT2D eigenvalue weighted by Gasteiger charge is -2.25. The lowest BCUT2D eigenvalue weighted by atomic mass is 10.1. The molecule has 2 aromatic rings. The van der Waals surface area contributed by atoms with Crippen molar-refractivity contribution in [1.29, 1.82) is 0 Å². The van der Waals surface area contributed by atoms with E-state index < -0.39 is 0 Å². The highest BCUT2D eigenvalue weighted by Gasteiger charge is 2.16. The Labute approximate surface area is 123 Å². The van der Waals surface area contributed by atoms with Gasteiger partial charge in [-0.2, -0.15) is 0 Å². The molecule has 0 fully saturated rings. The van der Waals surface area contributed by atoms with E-state index in [0.717, 1.165) is 12.0 Å². The Morgan fingerprint density at radius 3 is 2.90 bits per heavy atom. The van der Waals surface area contributed by atoms with Crippen molar-refractivity contribution in [2.45, 2.75) is 25.9 Å². The molecule has 0 aliphatic carbocycles. The van der Waals surface area contributed by atoms with Crippen LogP contribution in [0.5, 0.6) is 5.88 Å². The molecule has 0 amide bonds. The van der Waals surface area contributed by atoms with Crippen LogP contribution < -0.4 is 10.5 Å². The first kappa shape index (κ1) is 14.7. The number of hydrogen-bond donors (Lipinski definition) is 1. The highest BCUT2D eigenvalue weighted by atomic mass is 32.1. The highest BCUT2D eigenvalue weighted by molar-refractivity contribution is 7.09. The van der Waals surface area contributed by atoms with Crippen LogP contribution >= 0.6 is 11.3 Å². The molecular weight excluding hydrogens is 272 g/mol. The molecule has 0 saturated carbocycles. The molecule has 2 N–H and O–H groups in total. The second-order valence-electron chi connectivity index (χ2n) is 4.79. The average molecular weight is 292 g/mol. The lowest BCUT2D eigenvalue weighted by molar-refractivity contribution is 0.244. The second-order valence-corrected chi connectivity index (χ2v) is 5.83. The van der Waals surface area contributed by atoms with Crippen molar-refractivity contribution in [1.82, 2.24) is 14.9 Å². The van der Waals surface area contributed by atoms with Gasteiger partial charge in [-0.1, -0.05) is 6.07 Å². The number of anilines is 1. The van der Waals surface area contributed by atoms with Crippen molar-refractivity contribution < 1.29 is 4.74 Å². The number of hydrogen-bond acceptors (Lipinski definition) is 6. The summed E-state index contributed by atoms with van der Waals surface area (Å²) in [6.07, 6.45) is 2.44. The van der Waals surface area contributed by atoms with Gasteiger partial charge in [0.2, 0.25) is 5.88 Å². The average Bonchev–Trinajstić information content (AvgIpc) is 2.93. The third-order valence-corrected chi connectivity index (χ3v) is 4.27. The summed E-state index contributed by atoms with van der Waals surface area (Å²) < 4.78 is 5.26. The van der Waals surface area contributed by atoms with Gasteiger partial charge in [0.1, 0.15) is 12.1 Å². The smallest absolute Gasteiger partial charge is 0.222 e. The maximum atomic E-state index is 5.93. The molecule has 0 aliphatic rings. The molecule has 108 valence electrons. The van der Waals surface area contributed by atoms with Gasteiger partial charge >= 0.3 is 0 Å². The molecule has 1 atom stereocenters. The third-order valence-electron chi connectivity index (χ3n) is 3.37. The van der Waals surface area contributed by atoms with Crippen LogP contribution in [0.4, 0.5) is 5.82 Å². The van der Waals surface area contributed by atoms with Crippen molar-refractivity contribution in [3.05, 3.63) is 34.3 Å². The van der Waals surface area contributed by atoms with Gasteiger partial charge in [-0.15, -0.1) is 11.3 Å². The van der Waals surface area contributed by atoms with Crippen LogP contribution in [0.25, 0.3) is 0 Å². The minimum atomic E-state index is 0.401. The number of likely N-dealkylation sites (N-methyl/N-ethyl adjacent to an activating group) is 1. The molecule has 0 aromatic carbocycles. The van der Waals surface area contributed by atoms with E-state index in [0.29, 0.717) is 24.3 Å². The molecule has 2 aromatic heterocycles. The van der Waals surface area contributed by atoms with Gasteiger partial charge in [0.15, 0.2) is 0 Å². The Morgan fingerprint density at radius 2 is 2.25 bits per heavy atom. The van der Waals surface area contributed by atoms with Gasteiger partial charge in [-0.05, 0) is 31.8 Å². The number of methoxy groups -OCH3 is 1. The van der Waals surface area contributed by atoms with Crippen LogP contribution in [-0.2, 0) is 13.0 Å². The fourth-order valence-corrected chi connectivity index (χ4v) is 2.84. The predicted molar refractivity (Wildman–Crippen MR) is 81.9 cm³/mol. The standard InChI is InChI=1S/C14H20N4OS/c1-10(7-11-5-4-6-20-11)18(2)8-12-13(15)16-9-17-14(12)19-3/h4-6,9-10H,7-8H2,1-3H3,(H2,15,16,17)/t10-/m1/s1. The number of ether oxygens (including phenoxy) is 1. The summed E-state index contributed by atoms with van der Waals surface area (Å²) in [4.78, 5) is 11.8.